The van der Waals surface area contributed by atoms with Crippen molar-refractivity contribution in [2.75, 3.05) is 18.4 Å². The van der Waals surface area contributed by atoms with Gasteiger partial charge in [-0.1, -0.05) is 42.5 Å². The van der Waals surface area contributed by atoms with E-state index in [4.69, 9.17) is 0 Å². The third-order valence-electron chi connectivity index (χ3n) is 5.80. The summed E-state index contributed by atoms with van der Waals surface area (Å²) >= 11 is 0. The van der Waals surface area contributed by atoms with E-state index in [1.807, 2.05) is 29.2 Å². The van der Waals surface area contributed by atoms with Crippen LogP contribution in [-0.4, -0.2) is 33.9 Å². The number of para-hydroxylation sites is 1. The molecule has 5 heteroatoms. The first kappa shape index (κ1) is 18.4. The van der Waals surface area contributed by atoms with E-state index in [2.05, 4.69) is 57.9 Å². The van der Waals surface area contributed by atoms with Gasteiger partial charge in [-0.15, -0.1) is 0 Å². The number of anilines is 1. The number of pyridine rings is 1. The van der Waals surface area contributed by atoms with Gasteiger partial charge in [0.1, 0.15) is 5.69 Å². The van der Waals surface area contributed by atoms with Gasteiger partial charge in [0.15, 0.2) is 0 Å². The van der Waals surface area contributed by atoms with Gasteiger partial charge in [-0.25, -0.2) is 0 Å². The molecule has 0 bridgehead atoms. The highest BCUT2D eigenvalue weighted by Gasteiger charge is 2.22. The number of nitrogens with zero attached hydrogens (tertiary/aromatic N) is 2. The quantitative estimate of drug-likeness (QED) is 0.525. The number of hydrogen-bond donors (Lipinski definition) is 2. The molecule has 2 aromatic heterocycles. The maximum Gasteiger partial charge on any atom is 0.272 e. The molecule has 0 fully saturated rings. The van der Waals surface area contributed by atoms with Crippen molar-refractivity contribution in [1.29, 1.82) is 0 Å². The highest BCUT2D eigenvalue weighted by atomic mass is 16.2. The Balaban J connectivity index is 1.24. The molecule has 0 saturated carbocycles. The topological polar surface area (TPSA) is 61.0 Å². The molecule has 30 heavy (non-hydrogen) atoms. The van der Waals surface area contributed by atoms with Crippen LogP contribution in [0.5, 0.6) is 0 Å². The van der Waals surface area contributed by atoms with E-state index in [0.29, 0.717) is 12.2 Å². The normalized spacial score (nSPS) is 13.3. The first-order chi connectivity index (χ1) is 14.8. The molecule has 2 N–H and O–H groups in total. The second-order valence-corrected chi connectivity index (χ2v) is 7.71. The van der Waals surface area contributed by atoms with Gasteiger partial charge in [0.05, 0.1) is 0 Å². The second-order valence-electron chi connectivity index (χ2n) is 7.71. The number of aromatic nitrogens is 2. The van der Waals surface area contributed by atoms with Crippen LogP contribution in [0.25, 0.3) is 10.9 Å². The molecular formula is C25H24N4O. The molecule has 3 heterocycles. The molecule has 5 rings (SSSR count). The summed E-state index contributed by atoms with van der Waals surface area (Å²) in [6, 6.07) is 20.4. The van der Waals surface area contributed by atoms with Crippen molar-refractivity contribution in [1.82, 2.24) is 14.9 Å². The lowest BCUT2D eigenvalue weighted by atomic mass is 10.00. The van der Waals surface area contributed by atoms with Crippen LogP contribution < -0.4 is 5.32 Å². The van der Waals surface area contributed by atoms with Gasteiger partial charge in [0.2, 0.25) is 0 Å². The van der Waals surface area contributed by atoms with Crippen LogP contribution in [0.15, 0.2) is 73.1 Å². The smallest absolute Gasteiger partial charge is 0.272 e. The number of carbonyl (C=O) groups excluding carboxylic acids is 1. The molecule has 0 spiro atoms. The summed E-state index contributed by atoms with van der Waals surface area (Å²) in [5.41, 5.74) is 6.42. The zero-order valence-corrected chi connectivity index (χ0v) is 16.8. The molecule has 1 amide bonds. The zero-order valence-electron chi connectivity index (χ0n) is 16.8. The summed E-state index contributed by atoms with van der Waals surface area (Å²) in [7, 11) is 0. The first-order valence-corrected chi connectivity index (χ1v) is 10.4. The minimum atomic E-state index is -0.00946. The molecule has 2 aromatic carbocycles. The van der Waals surface area contributed by atoms with Gasteiger partial charge in [-0.2, -0.15) is 0 Å². The Morgan fingerprint density at radius 2 is 1.90 bits per heavy atom. The van der Waals surface area contributed by atoms with Crippen LogP contribution in [0.2, 0.25) is 0 Å². The minimum absolute atomic E-state index is 0.00946. The monoisotopic (exact) mass is 396 g/mol. The number of hydrogen-bond acceptors (Lipinski definition) is 3. The van der Waals surface area contributed by atoms with E-state index < -0.39 is 0 Å². The summed E-state index contributed by atoms with van der Waals surface area (Å²) in [5, 5.41) is 4.70. The summed E-state index contributed by atoms with van der Waals surface area (Å²) in [5.74, 6) is -0.00946. The first-order valence-electron chi connectivity index (χ1n) is 10.4. The third kappa shape index (κ3) is 3.66. The molecule has 0 aliphatic carbocycles. The van der Waals surface area contributed by atoms with E-state index >= 15 is 0 Å². The highest BCUT2D eigenvalue weighted by molar-refractivity contribution is 5.93. The van der Waals surface area contributed by atoms with Crippen LogP contribution in [0.3, 0.4) is 0 Å². The van der Waals surface area contributed by atoms with Gasteiger partial charge in [-0.05, 0) is 47.7 Å². The van der Waals surface area contributed by atoms with Crippen LogP contribution in [0.4, 0.5) is 5.69 Å². The fourth-order valence-electron chi connectivity index (χ4n) is 4.17. The Morgan fingerprint density at radius 3 is 2.83 bits per heavy atom. The number of amides is 1. The Kier molecular flexibility index (Phi) is 4.93. The number of benzene rings is 2. The SMILES string of the molecule is O=C(c1cc(NCCc2c[nH]c3ccccc23)ccn1)N1CCc2ccccc2C1. The van der Waals surface area contributed by atoms with Gasteiger partial charge in [0, 0.05) is 48.6 Å². The average Bonchev–Trinajstić information content (AvgIpc) is 3.22. The Bertz CT molecular complexity index is 1200. The largest absolute Gasteiger partial charge is 0.385 e. The predicted octanol–water partition coefficient (Wildman–Crippen LogP) is 4.42. The van der Waals surface area contributed by atoms with Crippen LogP contribution in [-0.2, 0) is 19.4 Å². The Morgan fingerprint density at radius 1 is 1.07 bits per heavy atom. The van der Waals surface area contributed by atoms with Crippen LogP contribution in [0.1, 0.15) is 27.2 Å². The number of H-pyrrole nitrogens is 1. The molecular weight excluding hydrogens is 372 g/mol. The summed E-state index contributed by atoms with van der Waals surface area (Å²) in [4.78, 5) is 22.5. The minimum Gasteiger partial charge on any atom is -0.385 e. The van der Waals surface area contributed by atoms with Gasteiger partial charge in [0.25, 0.3) is 5.91 Å². The van der Waals surface area contributed by atoms with Crippen molar-refractivity contribution >= 4 is 22.5 Å². The van der Waals surface area contributed by atoms with E-state index in [9.17, 15) is 4.79 Å². The van der Waals surface area contributed by atoms with Crippen molar-refractivity contribution in [3.8, 4) is 0 Å². The molecule has 0 radical (unpaired) electrons. The summed E-state index contributed by atoms with van der Waals surface area (Å²) < 4.78 is 0. The van der Waals surface area contributed by atoms with E-state index in [1.54, 1.807) is 6.20 Å². The fourth-order valence-corrected chi connectivity index (χ4v) is 4.17. The van der Waals surface area contributed by atoms with Crippen molar-refractivity contribution in [3.05, 3.63) is 95.4 Å². The summed E-state index contributed by atoms with van der Waals surface area (Å²) in [6.45, 7) is 2.17. The Hall–Kier alpha value is -3.60. The van der Waals surface area contributed by atoms with Crippen molar-refractivity contribution in [2.24, 2.45) is 0 Å². The van der Waals surface area contributed by atoms with E-state index in [-0.39, 0.29) is 5.91 Å². The second kappa shape index (κ2) is 8.03. The standard InChI is InChI=1S/C25H24N4O/c30-25(29-14-11-18-5-1-2-6-20(18)17-29)24-15-21(10-13-27-24)26-12-9-19-16-28-23-8-4-3-7-22(19)23/h1-8,10,13,15-16,28H,9,11-12,14,17H2,(H,26,27). The molecule has 4 aromatic rings. The molecule has 0 unspecified atom stereocenters. The predicted molar refractivity (Wildman–Crippen MR) is 120 cm³/mol. The lowest BCUT2D eigenvalue weighted by molar-refractivity contribution is 0.0729. The van der Waals surface area contributed by atoms with Gasteiger partial charge in [-0.3, -0.25) is 9.78 Å². The molecule has 0 saturated heterocycles. The number of carbonyl (C=O) groups is 1. The number of fused-ring (bicyclic) bond motifs is 2. The Labute approximate surface area is 175 Å². The van der Waals surface area contributed by atoms with Crippen molar-refractivity contribution in [3.63, 3.8) is 0 Å². The zero-order chi connectivity index (χ0) is 20.3. The average molecular weight is 396 g/mol. The fraction of sp³-hybridized carbons (Fsp3) is 0.200. The lowest BCUT2D eigenvalue weighted by Crippen LogP contribution is -2.36. The van der Waals surface area contributed by atoms with Crippen LogP contribution in [0, 0.1) is 0 Å². The van der Waals surface area contributed by atoms with Gasteiger partial charge < -0.3 is 15.2 Å². The number of aromatic amines is 1. The molecule has 150 valence electrons. The number of nitrogens with one attached hydrogen (secondary N) is 2. The van der Waals surface area contributed by atoms with Crippen LogP contribution >= 0.6 is 0 Å². The maximum atomic E-state index is 13.0. The summed E-state index contributed by atoms with van der Waals surface area (Å²) in [6.07, 6.45) is 5.57. The number of rotatable bonds is 5. The van der Waals surface area contributed by atoms with E-state index in [1.165, 1.54) is 22.1 Å². The third-order valence-corrected chi connectivity index (χ3v) is 5.80. The van der Waals surface area contributed by atoms with E-state index in [0.717, 1.165) is 37.1 Å². The molecule has 1 aliphatic heterocycles. The van der Waals surface area contributed by atoms with Crippen molar-refractivity contribution in [2.45, 2.75) is 19.4 Å². The lowest BCUT2D eigenvalue weighted by Gasteiger charge is -2.28. The maximum absolute atomic E-state index is 13.0. The van der Waals surface area contributed by atoms with Gasteiger partial charge >= 0.3 is 0 Å². The molecule has 0 atom stereocenters. The molecule has 1 aliphatic rings. The highest BCUT2D eigenvalue weighted by Crippen LogP contribution is 2.21. The van der Waals surface area contributed by atoms with Crippen molar-refractivity contribution < 1.29 is 4.79 Å². The molecule has 5 nitrogen and oxygen atoms in total.